The first-order valence-corrected chi connectivity index (χ1v) is 14.9. The summed E-state index contributed by atoms with van der Waals surface area (Å²) < 4.78 is 5.11. The zero-order valence-electron chi connectivity index (χ0n) is 25.8. The van der Waals surface area contributed by atoms with E-state index in [2.05, 4.69) is 11.9 Å². The van der Waals surface area contributed by atoms with Crippen LogP contribution in [0.25, 0.3) is 0 Å². The van der Waals surface area contributed by atoms with Gasteiger partial charge in [0, 0.05) is 51.9 Å². The van der Waals surface area contributed by atoms with Gasteiger partial charge in [0.25, 0.3) is 0 Å². The molecule has 0 aromatic heterocycles. The third-order valence-corrected chi connectivity index (χ3v) is 9.40. The average molecular weight is 607 g/mol. The highest BCUT2D eigenvalue weighted by molar-refractivity contribution is 6.42. The maximum atomic E-state index is 14.0. The van der Waals surface area contributed by atoms with Gasteiger partial charge in [0.2, 0.25) is 0 Å². The number of aliphatic hydroxyl groups excluding tert-OH is 1. The topological polar surface area (TPSA) is 150 Å². The van der Waals surface area contributed by atoms with Crippen LogP contribution in [0.3, 0.4) is 0 Å². The smallest absolute Gasteiger partial charge is 0.321 e. The molecule has 0 unspecified atom stereocenters. The SMILES string of the molecule is C=CC1=C(C)C2=NC1=CC1=NC(=C(CC)/C1=C\O)C=C1N=C3C(=C1C)C(=O)[C@H](C(=O)OC)C3=C1NC(=C2)[C@@H](C)[C@@H]1CCC(=O)O. The summed E-state index contributed by atoms with van der Waals surface area (Å²) in [6.45, 7) is 11.7. The molecule has 10 nitrogen and oxygen atoms in total. The number of fused-ring (bicyclic) bond motifs is 5. The highest BCUT2D eigenvalue weighted by atomic mass is 16.5. The number of aliphatic carboxylic acids is 1. The molecule has 1 aliphatic carbocycles. The van der Waals surface area contributed by atoms with E-state index in [1.165, 1.54) is 7.11 Å². The quantitative estimate of drug-likeness (QED) is 0.211. The molecule has 5 aliphatic heterocycles. The third kappa shape index (κ3) is 4.54. The van der Waals surface area contributed by atoms with Gasteiger partial charge in [0.1, 0.15) is 5.92 Å². The number of methoxy groups -OCH3 is 1. The Bertz CT molecular complexity index is 1870. The molecule has 10 heteroatoms. The van der Waals surface area contributed by atoms with Gasteiger partial charge in [-0.05, 0) is 61.6 Å². The predicted molar refractivity (Wildman–Crippen MR) is 170 cm³/mol. The Balaban J connectivity index is 1.69. The second kappa shape index (κ2) is 11.1. The van der Waals surface area contributed by atoms with Crippen molar-refractivity contribution in [3.8, 4) is 0 Å². The van der Waals surface area contributed by atoms with Crippen LogP contribution in [-0.4, -0.2) is 52.2 Å². The lowest BCUT2D eigenvalue weighted by molar-refractivity contribution is -0.146. The van der Waals surface area contributed by atoms with Gasteiger partial charge >= 0.3 is 11.9 Å². The van der Waals surface area contributed by atoms with Crippen molar-refractivity contribution in [3.05, 3.63) is 105 Å². The van der Waals surface area contributed by atoms with Crippen LogP contribution in [0.5, 0.6) is 0 Å². The summed E-state index contributed by atoms with van der Waals surface area (Å²) in [6.07, 6.45) is 9.09. The maximum Gasteiger partial charge on any atom is 0.321 e. The van der Waals surface area contributed by atoms with Crippen molar-refractivity contribution >= 4 is 34.9 Å². The van der Waals surface area contributed by atoms with E-state index in [1.54, 1.807) is 19.1 Å². The number of hydrogen-bond acceptors (Lipinski definition) is 9. The first-order chi connectivity index (χ1) is 21.5. The molecule has 0 aromatic carbocycles. The van der Waals surface area contributed by atoms with Crippen LogP contribution < -0.4 is 5.32 Å². The molecule has 0 amide bonds. The van der Waals surface area contributed by atoms with E-state index in [0.29, 0.717) is 68.6 Å². The van der Waals surface area contributed by atoms with E-state index < -0.39 is 23.6 Å². The standard InChI is InChI=1S/C35H34N4O6/c1-7-18-15(3)22-11-23-16(4)20(9-10-28(41)42)32(38-23)30-31(35(44)45-6)34(43)29-17(5)24(39-33(29)30)12-26-19(8-2)21(14-40)27(37-26)13-25(18)36-22/h7,11-14,16,20,31,38,40H,1,8-10H2,2-6H3,(H,41,42)/b21-14+,23-11?,24-12?,25-13?,32-30?/t16-,20-,31+/m0/s1. The number of ketones is 1. The predicted octanol–water partition coefficient (Wildman–Crippen LogP) is 5.29. The highest BCUT2D eigenvalue weighted by Gasteiger charge is 2.51. The minimum absolute atomic E-state index is 0.0981. The number of Topliss-reactive ketones (excluding diaryl/α,β-unsaturated/α-hetero) is 1. The monoisotopic (exact) mass is 606 g/mol. The lowest BCUT2D eigenvalue weighted by atomic mass is 9.85. The van der Waals surface area contributed by atoms with Gasteiger partial charge in [0.05, 0.1) is 47.6 Å². The van der Waals surface area contributed by atoms with Gasteiger partial charge in [-0.1, -0.05) is 26.5 Å². The summed E-state index contributed by atoms with van der Waals surface area (Å²) in [6, 6.07) is 0. The number of carboxylic acid groups (broad SMARTS) is 1. The molecule has 1 saturated carbocycles. The second-order valence-electron chi connectivity index (χ2n) is 11.7. The molecule has 45 heavy (non-hydrogen) atoms. The number of carboxylic acids is 1. The Hall–Kier alpha value is -5.12. The van der Waals surface area contributed by atoms with Gasteiger partial charge in [-0.25, -0.2) is 15.0 Å². The largest absolute Gasteiger partial charge is 0.515 e. The Morgan fingerprint density at radius 1 is 1.09 bits per heavy atom. The van der Waals surface area contributed by atoms with Crippen LogP contribution in [0.4, 0.5) is 0 Å². The van der Waals surface area contributed by atoms with E-state index in [-0.39, 0.29) is 24.7 Å². The minimum atomic E-state index is -1.24. The fourth-order valence-corrected chi connectivity index (χ4v) is 6.99. The number of nitrogens with zero attached hydrogens (tertiary/aromatic N) is 3. The van der Waals surface area contributed by atoms with E-state index >= 15 is 0 Å². The molecule has 3 atom stereocenters. The number of hydrogen-bond donors (Lipinski definition) is 3. The van der Waals surface area contributed by atoms with Crippen LogP contribution in [0.1, 0.15) is 47.0 Å². The van der Waals surface area contributed by atoms with Crippen LogP contribution >= 0.6 is 0 Å². The number of aliphatic hydroxyl groups is 1. The minimum Gasteiger partial charge on any atom is -0.515 e. The number of aliphatic imine (C=N–C) groups is 3. The number of nitrogens with one attached hydrogen (secondary N) is 1. The molecule has 6 aliphatic rings. The molecule has 6 rings (SSSR count). The Labute approximate surface area is 260 Å². The number of esters is 1. The van der Waals surface area contributed by atoms with Crippen molar-refractivity contribution in [2.75, 3.05) is 7.11 Å². The summed E-state index contributed by atoms with van der Waals surface area (Å²) in [5.74, 6) is -3.83. The molecule has 0 radical (unpaired) electrons. The number of rotatable bonds is 6. The van der Waals surface area contributed by atoms with E-state index in [0.717, 1.165) is 28.7 Å². The van der Waals surface area contributed by atoms with Gasteiger partial charge in [-0.3, -0.25) is 14.4 Å². The lowest BCUT2D eigenvalue weighted by Gasteiger charge is -2.18. The first-order valence-electron chi connectivity index (χ1n) is 14.9. The maximum absolute atomic E-state index is 14.0. The average Bonchev–Trinajstić information content (AvgIpc) is 3.76. The Morgan fingerprint density at radius 3 is 2.49 bits per heavy atom. The molecular formula is C35H34N4O6. The van der Waals surface area contributed by atoms with Gasteiger partial charge in [0.15, 0.2) is 5.78 Å². The third-order valence-electron chi connectivity index (χ3n) is 9.40. The summed E-state index contributed by atoms with van der Waals surface area (Å²) in [4.78, 5) is 53.6. The van der Waals surface area contributed by atoms with E-state index in [4.69, 9.17) is 19.7 Å². The van der Waals surface area contributed by atoms with Gasteiger partial charge < -0.3 is 20.3 Å². The summed E-state index contributed by atoms with van der Waals surface area (Å²) >= 11 is 0. The van der Waals surface area contributed by atoms with Gasteiger partial charge in [-0.2, -0.15) is 0 Å². The summed E-state index contributed by atoms with van der Waals surface area (Å²) in [5, 5.41) is 23.4. The van der Waals surface area contributed by atoms with Crippen molar-refractivity contribution in [2.24, 2.45) is 32.7 Å². The van der Waals surface area contributed by atoms with Crippen LogP contribution in [0.15, 0.2) is 120 Å². The normalized spacial score (nSPS) is 26.2. The van der Waals surface area contributed by atoms with Crippen molar-refractivity contribution < 1.29 is 29.3 Å². The van der Waals surface area contributed by atoms with Gasteiger partial charge in [-0.15, -0.1) is 0 Å². The fraction of sp³-hybridized carbons (Fsp3) is 0.314. The molecule has 8 bridgehead atoms. The molecule has 230 valence electrons. The molecule has 0 aromatic rings. The van der Waals surface area contributed by atoms with Crippen LogP contribution in [0, 0.1) is 17.8 Å². The number of ether oxygens (including phenoxy) is 1. The summed E-state index contributed by atoms with van der Waals surface area (Å²) in [7, 11) is 1.24. The second-order valence-corrected chi connectivity index (χ2v) is 11.7. The molecule has 3 N–H and O–H groups in total. The van der Waals surface area contributed by atoms with Crippen molar-refractivity contribution in [3.63, 3.8) is 0 Å². The lowest BCUT2D eigenvalue weighted by Crippen LogP contribution is -2.26. The molecule has 5 heterocycles. The summed E-state index contributed by atoms with van der Waals surface area (Å²) in [5.41, 5.74) is 9.16. The zero-order valence-corrected chi connectivity index (χ0v) is 25.8. The number of carbonyl (C=O) groups is 3. The molecule has 0 spiro atoms. The van der Waals surface area contributed by atoms with Crippen molar-refractivity contribution in [1.82, 2.24) is 5.32 Å². The molecule has 1 saturated heterocycles. The Kier molecular flexibility index (Phi) is 7.39. The molecular weight excluding hydrogens is 572 g/mol. The Morgan fingerprint density at radius 2 is 1.84 bits per heavy atom. The van der Waals surface area contributed by atoms with Crippen molar-refractivity contribution in [1.29, 1.82) is 0 Å². The zero-order chi connectivity index (χ0) is 32.3. The highest BCUT2D eigenvalue weighted by Crippen LogP contribution is 2.47. The number of allylic oxidation sites excluding steroid dienone is 11. The fourth-order valence-electron chi connectivity index (χ4n) is 6.99. The van der Waals surface area contributed by atoms with E-state index in [1.807, 2.05) is 32.9 Å². The first kappa shape index (κ1) is 29.9. The van der Waals surface area contributed by atoms with E-state index in [9.17, 15) is 24.6 Å². The van der Waals surface area contributed by atoms with Crippen molar-refractivity contribution in [2.45, 2.75) is 47.0 Å². The van der Waals surface area contributed by atoms with Crippen LogP contribution in [0.2, 0.25) is 0 Å². The number of carbonyl (C=O) groups excluding carboxylic acids is 2. The molecule has 2 fully saturated rings. The van der Waals surface area contributed by atoms with Crippen LogP contribution in [-0.2, 0) is 19.1 Å².